The topological polar surface area (TPSA) is 91.4 Å². The van der Waals surface area contributed by atoms with E-state index in [9.17, 15) is 36.9 Å². The van der Waals surface area contributed by atoms with Crippen molar-refractivity contribution in [3.63, 3.8) is 0 Å². The number of hydrogen-bond donors (Lipinski definition) is 0. The van der Waals surface area contributed by atoms with Gasteiger partial charge >= 0.3 is 12.4 Å². The number of rotatable bonds is 9. The van der Waals surface area contributed by atoms with Crippen molar-refractivity contribution < 1.29 is 59.1 Å². The van der Waals surface area contributed by atoms with E-state index in [4.69, 9.17) is 17.6 Å². The molecular weight excluding hydrogens is 1230 g/mol. The first kappa shape index (κ1) is 52.0. The Bertz CT molecular complexity index is 4310. The number of aromatic nitrogens is 3. The van der Waals surface area contributed by atoms with Gasteiger partial charge in [0, 0.05) is 45.6 Å². The third kappa shape index (κ3) is 11.9. The smallest absolute Gasteiger partial charge is 0.403 e. The van der Waals surface area contributed by atoms with Crippen LogP contribution < -0.4 is 0 Å². The van der Waals surface area contributed by atoms with Crippen LogP contribution in [0.4, 0.5) is 26.3 Å². The van der Waals surface area contributed by atoms with Gasteiger partial charge in [-0.05, 0) is 154 Å². The maximum atomic E-state index is 13.9. The SMILES string of the molecule is [2H]C([2H])([2H])c1c[c-]c(-c2ccc(C([2H])([2H])C(C)(C)C)cn2)cc1.[2H]C1(c2ccc(-c3cc(C(C)C)c(-n4c(-c5[c-]ccc6c5oc5cc(-c7cccc(C#N)c7)cc(C#N)c56)nc5ccccc54)c(C(C)C)c3)cc2)CCC(C(F)(F)F)(C(F)(F)F)CC1.[Ir]. The molecule has 0 unspecified atom stereocenters. The van der Waals surface area contributed by atoms with E-state index in [2.05, 4.69) is 73.6 Å². The largest absolute Gasteiger partial charge is 0.500 e. The number of halogens is 6. The van der Waals surface area contributed by atoms with Gasteiger partial charge in [-0.3, -0.25) is 4.98 Å². The summed E-state index contributed by atoms with van der Waals surface area (Å²) in [6.45, 7) is 11.8. The number of aryl methyl sites for hydroxylation is 1. The van der Waals surface area contributed by atoms with Gasteiger partial charge in [0.25, 0.3) is 0 Å². The third-order valence-corrected chi connectivity index (χ3v) is 15.2. The number of para-hydroxylation sites is 2. The number of alkyl halides is 6. The molecule has 0 amide bonds. The van der Waals surface area contributed by atoms with Gasteiger partial charge in [0.1, 0.15) is 5.58 Å². The molecule has 1 saturated carbocycles. The summed E-state index contributed by atoms with van der Waals surface area (Å²) >= 11 is 0. The van der Waals surface area contributed by atoms with Gasteiger partial charge in [0.15, 0.2) is 5.41 Å². The number of fused-ring (bicyclic) bond motifs is 4. The van der Waals surface area contributed by atoms with Gasteiger partial charge in [0.2, 0.25) is 0 Å². The first-order valence-electron chi connectivity index (χ1n) is 30.0. The van der Waals surface area contributed by atoms with Crippen LogP contribution in [0.25, 0.3) is 83.6 Å². The average molecular weight is 1300 g/mol. The second-order valence-electron chi connectivity index (χ2n) is 22.5. The van der Waals surface area contributed by atoms with Crippen molar-refractivity contribution in [1.82, 2.24) is 14.5 Å². The number of nitriles is 2. The van der Waals surface area contributed by atoms with Crippen LogP contribution in [0.1, 0.15) is 139 Å². The van der Waals surface area contributed by atoms with E-state index in [1.807, 2.05) is 63.2 Å². The summed E-state index contributed by atoms with van der Waals surface area (Å²) in [5.41, 5.74) is 8.22. The maximum absolute atomic E-state index is 13.9. The summed E-state index contributed by atoms with van der Waals surface area (Å²) in [5.74, 6) is -1.06. The minimum absolute atomic E-state index is 0. The van der Waals surface area contributed by atoms with E-state index in [1.54, 1.807) is 78.9 Å². The van der Waals surface area contributed by atoms with Gasteiger partial charge in [-0.15, -0.1) is 53.6 Å². The molecule has 0 N–H and O–H groups in total. The van der Waals surface area contributed by atoms with Crippen molar-refractivity contribution in [3.8, 4) is 62.7 Å². The Balaban J connectivity index is 0.000000330. The molecule has 13 heteroatoms. The van der Waals surface area contributed by atoms with E-state index in [0.29, 0.717) is 61.5 Å². The first-order chi connectivity index (χ1) is 41.3. The van der Waals surface area contributed by atoms with Gasteiger partial charge in [-0.1, -0.05) is 127 Å². The van der Waals surface area contributed by atoms with E-state index in [0.717, 1.165) is 55.5 Å². The van der Waals surface area contributed by atoms with E-state index in [-0.39, 0.29) is 37.5 Å². The van der Waals surface area contributed by atoms with Crippen LogP contribution in [0.15, 0.2) is 150 Å². The molecule has 10 aromatic rings. The molecule has 1 aliphatic carbocycles. The molecule has 0 bridgehead atoms. The molecule has 11 rings (SSSR count). The molecule has 7 aromatic carbocycles. The summed E-state index contributed by atoms with van der Waals surface area (Å²) in [6, 6.07) is 52.5. The first-order valence-corrected chi connectivity index (χ1v) is 27.0. The van der Waals surface area contributed by atoms with E-state index in [1.165, 1.54) is 12.3 Å². The monoisotopic (exact) mass is 1300 g/mol. The van der Waals surface area contributed by atoms with Crippen molar-refractivity contribution in [2.24, 2.45) is 10.8 Å². The quantitative estimate of drug-likeness (QED) is 0.106. The molecule has 3 heterocycles. The molecular formula is C70H61F6IrN5O-2. The van der Waals surface area contributed by atoms with Crippen LogP contribution in [0.2, 0.25) is 0 Å². The van der Waals surface area contributed by atoms with Crippen LogP contribution in [0.5, 0.6) is 0 Å². The Morgan fingerprint density at radius 2 is 1.46 bits per heavy atom. The van der Waals surface area contributed by atoms with E-state index >= 15 is 0 Å². The summed E-state index contributed by atoms with van der Waals surface area (Å²) in [7, 11) is 0. The number of benzene rings is 7. The molecule has 425 valence electrons. The molecule has 83 heavy (non-hydrogen) atoms. The Kier molecular flexibility index (Phi) is 14.7. The minimum atomic E-state index is -5.46. The second kappa shape index (κ2) is 23.4. The molecule has 1 aliphatic rings. The summed E-state index contributed by atoms with van der Waals surface area (Å²) in [5, 5.41) is 21.4. The molecule has 1 radical (unpaired) electrons. The predicted octanol–water partition coefficient (Wildman–Crippen LogP) is 19.9. The summed E-state index contributed by atoms with van der Waals surface area (Å²) in [6.07, 6.45) is -14.4. The maximum Gasteiger partial charge on any atom is 0.403 e. The van der Waals surface area contributed by atoms with Crippen LogP contribution in [0, 0.1) is 52.5 Å². The average Bonchev–Trinajstić information content (AvgIpc) is 1.80. The minimum Gasteiger partial charge on any atom is -0.500 e. The van der Waals surface area contributed by atoms with Crippen molar-refractivity contribution in [3.05, 3.63) is 197 Å². The molecule has 3 aromatic heterocycles. The zero-order chi connectivity index (χ0) is 63.7. The van der Waals surface area contributed by atoms with Crippen molar-refractivity contribution >= 4 is 33.0 Å². The third-order valence-electron chi connectivity index (χ3n) is 15.2. The number of furan rings is 1. The Hall–Kier alpha value is -7.83. The Morgan fingerprint density at radius 1 is 0.771 bits per heavy atom. The van der Waals surface area contributed by atoms with Crippen LogP contribution in [-0.4, -0.2) is 26.9 Å². The van der Waals surface area contributed by atoms with Gasteiger partial charge in [-0.2, -0.15) is 36.9 Å². The van der Waals surface area contributed by atoms with Gasteiger partial charge < -0.3 is 14.0 Å². The zero-order valence-electron chi connectivity index (χ0n) is 52.6. The summed E-state index contributed by atoms with van der Waals surface area (Å²) < 4.78 is 140. The van der Waals surface area contributed by atoms with Crippen molar-refractivity contribution in [1.29, 1.82) is 10.5 Å². The number of pyridine rings is 1. The van der Waals surface area contributed by atoms with Crippen LogP contribution in [0.3, 0.4) is 0 Å². The van der Waals surface area contributed by atoms with E-state index < -0.39 is 68.0 Å². The predicted molar refractivity (Wildman–Crippen MR) is 313 cm³/mol. The van der Waals surface area contributed by atoms with Crippen molar-refractivity contribution in [2.75, 3.05) is 0 Å². The van der Waals surface area contributed by atoms with Crippen LogP contribution >= 0.6 is 0 Å². The number of nitrogens with zero attached hydrogens (tertiary/aromatic N) is 5. The van der Waals surface area contributed by atoms with Gasteiger partial charge in [-0.25, -0.2) is 0 Å². The molecule has 0 aliphatic heterocycles. The molecule has 0 atom stereocenters. The fourth-order valence-corrected chi connectivity index (χ4v) is 11.0. The van der Waals surface area contributed by atoms with Gasteiger partial charge in [0.05, 0.1) is 45.7 Å². The molecule has 0 spiro atoms. The van der Waals surface area contributed by atoms with Crippen LogP contribution in [-0.2, 0) is 26.5 Å². The Labute approximate surface area is 502 Å². The number of hydrogen-bond acceptors (Lipinski definition) is 5. The van der Waals surface area contributed by atoms with Crippen molar-refractivity contribution in [2.45, 2.75) is 117 Å². The normalized spacial score (nSPS) is 15.7. The summed E-state index contributed by atoms with van der Waals surface area (Å²) in [4.78, 5) is 9.53. The Morgan fingerprint density at radius 3 is 2.05 bits per heavy atom. The fraction of sp³-hybridized carbons (Fsp3) is 0.286. The molecule has 0 saturated heterocycles. The number of imidazole rings is 1. The standard InChI is InChI=1S/C53H41F6N4O.C17H20N.Ir/c1-30(2)42-25-38(34-17-15-33(16-18-34)35-19-21-51(22-20-35,52(54,55)56)53(57,58)59)26-43(31(3)4)48(42)63-45-14-6-5-13-44(45)62-50(63)41-12-8-11-40-47-39(29-61)24-37(27-46(47)64-49(40)41)36-10-7-9-32(23-36)28-60;1-13-5-8-15(9-6-13)16-10-7-14(12-18-16)11-17(2,3)4;/h5-11,13-18,23-27,30-31,35H,19-22H2,1-4H3;5-8,10,12H,11H2,1-4H3;/q2*-1;/i35D;1D3,11D2;. The second-order valence-corrected chi connectivity index (χ2v) is 22.5. The zero-order valence-corrected chi connectivity index (χ0v) is 49.0. The molecule has 6 nitrogen and oxygen atoms in total. The fourth-order valence-electron chi connectivity index (χ4n) is 11.0. The molecule has 1 fully saturated rings.